The molecule has 164 valence electrons. The van der Waals surface area contributed by atoms with E-state index in [9.17, 15) is 14.7 Å². The van der Waals surface area contributed by atoms with Crippen LogP contribution < -0.4 is 10.1 Å². The van der Waals surface area contributed by atoms with E-state index in [1.54, 1.807) is 28.8 Å². The Hall–Kier alpha value is -2.55. The van der Waals surface area contributed by atoms with Gasteiger partial charge in [0.1, 0.15) is 17.2 Å². The number of carbonyl (C=O) groups is 2. The van der Waals surface area contributed by atoms with Crippen LogP contribution in [0.2, 0.25) is 0 Å². The lowest BCUT2D eigenvalue weighted by Gasteiger charge is -2.45. The highest BCUT2D eigenvalue weighted by molar-refractivity contribution is 8.01. The third kappa shape index (κ3) is 4.56. The first-order valence-corrected chi connectivity index (χ1v) is 11.1. The number of thioether (sulfide) groups is 1. The van der Waals surface area contributed by atoms with Gasteiger partial charge in [-0.1, -0.05) is 48.5 Å². The zero-order chi connectivity index (χ0) is 22.0. The molecule has 4 atom stereocenters. The van der Waals surface area contributed by atoms with Gasteiger partial charge in [-0.3, -0.25) is 9.59 Å². The first-order valence-electron chi connectivity index (χ1n) is 10.2. The van der Waals surface area contributed by atoms with Crippen molar-refractivity contribution in [2.45, 2.75) is 48.9 Å². The lowest BCUT2D eigenvalue weighted by molar-refractivity contribution is -0.182. The van der Waals surface area contributed by atoms with Crippen molar-refractivity contribution in [1.29, 1.82) is 0 Å². The highest BCUT2D eigenvalue weighted by Gasteiger charge is 2.63. The van der Waals surface area contributed by atoms with Crippen molar-refractivity contribution in [3.63, 3.8) is 0 Å². The number of nitrogens with zero attached hydrogens (tertiary/aromatic N) is 1. The summed E-state index contributed by atoms with van der Waals surface area (Å²) in [5.74, 6) is 0.0161. The average Bonchev–Trinajstić information content (AvgIpc) is 3.03. The normalized spacial score (nSPS) is 24.8. The summed E-state index contributed by atoms with van der Waals surface area (Å²) in [6, 6.07) is 17.5. The fraction of sp³-hybridized carbons (Fsp3) is 0.391. The Balaban J connectivity index is 1.34. The number of amides is 2. The Morgan fingerprint density at radius 1 is 1.16 bits per heavy atom. The van der Waals surface area contributed by atoms with Gasteiger partial charge in [-0.15, -0.1) is 11.8 Å². The topological polar surface area (TPSA) is 88.1 Å². The largest absolute Gasteiger partial charge is 0.484 e. The summed E-state index contributed by atoms with van der Waals surface area (Å²) in [5, 5.41) is 13.2. The van der Waals surface area contributed by atoms with Crippen molar-refractivity contribution in [3.05, 3.63) is 66.2 Å². The van der Waals surface area contributed by atoms with Crippen LogP contribution in [-0.4, -0.2) is 56.9 Å². The number of aliphatic hydroxyl groups excluding tert-OH is 1. The molecule has 2 amide bonds. The number of para-hydroxylation sites is 1. The predicted octanol–water partition coefficient (Wildman–Crippen LogP) is 2.15. The van der Waals surface area contributed by atoms with Crippen LogP contribution in [0.5, 0.6) is 5.75 Å². The molecule has 4 unspecified atom stereocenters. The molecule has 0 spiro atoms. The van der Waals surface area contributed by atoms with Crippen molar-refractivity contribution >= 4 is 23.6 Å². The summed E-state index contributed by atoms with van der Waals surface area (Å²) in [5.41, 5.74) is 0.944. The summed E-state index contributed by atoms with van der Waals surface area (Å²) in [6.07, 6.45) is -1.13. The minimum atomic E-state index is -1.13. The standard InChI is InChI=1S/C23H26N2O5S/c1-23(2)19(22(28)30-13-15-9-5-3-6-10-15)25-20(27)18(21(25)31-23)24-17(26)14-29-16-11-7-4-8-12-16/h3-12,18-19,21-22,28H,13-14H2,1-2H3,(H,24,26). The number of nitrogens with one attached hydrogen (secondary N) is 1. The fourth-order valence-corrected chi connectivity index (χ4v) is 5.62. The van der Waals surface area contributed by atoms with Gasteiger partial charge >= 0.3 is 0 Å². The number of aliphatic hydroxyl groups is 1. The van der Waals surface area contributed by atoms with Crippen LogP contribution in [0.25, 0.3) is 0 Å². The Kier molecular flexibility index (Phi) is 6.22. The molecule has 2 heterocycles. The second-order valence-corrected chi connectivity index (χ2v) is 9.91. The minimum absolute atomic E-state index is 0.166. The average molecular weight is 443 g/mol. The number of fused-ring (bicyclic) bond motifs is 1. The number of ether oxygens (including phenoxy) is 2. The molecule has 2 saturated heterocycles. The predicted molar refractivity (Wildman–Crippen MR) is 117 cm³/mol. The maximum atomic E-state index is 12.8. The Morgan fingerprint density at radius 3 is 2.48 bits per heavy atom. The summed E-state index contributed by atoms with van der Waals surface area (Å²) in [4.78, 5) is 26.7. The monoisotopic (exact) mass is 442 g/mol. The van der Waals surface area contributed by atoms with Crippen molar-refractivity contribution in [1.82, 2.24) is 10.2 Å². The highest BCUT2D eigenvalue weighted by atomic mass is 32.2. The molecule has 2 aliphatic heterocycles. The fourth-order valence-electron chi connectivity index (χ4n) is 3.96. The quantitative estimate of drug-likeness (QED) is 0.481. The molecule has 0 bridgehead atoms. The van der Waals surface area contributed by atoms with Crippen LogP contribution in [0.1, 0.15) is 19.4 Å². The Labute approximate surface area is 185 Å². The Bertz CT molecular complexity index is 924. The van der Waals surface area contributed by atoms with Crippen molar-refractivity contribution in [3.8, 4) is 5.75 Å². The van der Waals surface area contributed by atoms with E-state index in [2.05, 4.69) is 5.32 Å². The Morgan fingerprint density at radius 2 is 1.81 bits per heavy atom. The first kappa shape index (κ1) is 21.7. The molecule has 8 heteroatoms. The van der Waals surface area contributed by atoms with E-state index in [0.29, 0.717) is 5.75 Å². The van der Waals surface area contributed by atoms with E-state index in [1.807, 2.05) is 62.4 Å². The van der Waals surface area contributed by atoms with Crippen molar-refractivity contribution < 1.29 is 24.2 Å². The molecule has 31 heavy (non-hydrogen) atoms. The molecule has 4 rings (SSSR count). The van der Waals surface area contributed by atoms with Crippen LogP contribution >= 0.6 is 11.8 Å². The van der Waals surface area contributed by atoms with E-state index in [-0.39, 0.29) is 30.4 Å². The van der Waals surface area contributed by atoms with E-state index >= 15 is 0 Å². The molecule has 2 N–H and O–H groups in total. The molecule has 7 nitrogen and oxygen atoms in total. The maximum Gasteiger partial charge on any atom is 0.258 e. The zero-order valence-corrected chi connectivity index (χ0v) is 18.2. The molecule has 0 aromatic heterocycles. The number of hydrogen-bond donors (Lipinski definition) is 2. The van der Waals surface area contributed by atoms with E-state index in [0.717, 1.165) is 5.56 Å². The van der Waals surface area contributed by atoms with Gasteiger partial charge in [-0.05, 0) is 31.5 Å². The third-order valence-corrected chi connectivity index (χ3v) is 7.07. The molecule has 0 aliphatic carbocycles. The van der Waals surface area contributed by atoms with E-state index in [4.69, 9.17) is 9.47 Å². The first-order chi connectivity index (χ1) is 14.9. The molecular weight excluding hydrogens is 416 g/mol. The van der Waals surface area contributed by atoms with E-state index in [1.165, 1.54) is 0 Å². The molecule has 2 aromatic rings. The summed E-state index contributed by atoms with van der Waals surface area (Å²) < 4.78 is 10.7. The molecular formula is C23H26N2O5S. The summed E-state index contributed by atoms with van der Waals surface area (Å²) in [6.45, 7) is 4.03. The van der Waals surface area contributed by atoms with Gasteiger partial charge in [0, 0.05) is 4.75 Å². The van der Waals surface area contributed by atoms with Crippen molar-refractivity contribution in [2.75, 3.05) is 6.61 Å². The highest BCUT2D eigenvalue weighted by Crippen LogP contribution is 2.51. The van der Waals surface area contributed by atoms with Gasteiger partial charge in [0.05, 0.1) is 12.6 Å². The van der Waals surface area contributed by atoms with Gasteiger partial charge in [0.15, 0.2) is 12.9 Å². The van der Waals surface area contributed by atoms with Gasteiger partial charge in [0.25, 0.3) is 5.91 Å². The number of hydrogen-bond acceptors (Lipinski definition) is 6. The minimum Gasteiger partial charge on any atom is -0.484 e. The molecule has 2 fully saturated rings. The van der Waals surface area contributed by atoms with Gasteiger partial charge in [-0.2, -0.15) is 0 Å². The molecule has 2 aliphatic rings. The van der Waals surface area contributed by atoms with Gasteiger partial charge in [-0.25, -0.2) is 0 Å². The summed E-state index contributed by atoms with van der Waals surface area (Å²) in [7, 11) is 0. The number of rotatable bonds is 8. The van der Waals surface area contributed by atoms with Crippen LogP contribution in [0.4, 0.5) is 0 Å². The van der Waals surface area contributed by atoms with Crippen LogP contribution in [0.3, 0.4) is 0 Å². The lowest BCUT2D eigenvalue weighted by atomic mass is 9.95. The molecule has 0 radical (unpaired) electrons. The molecule has 2 aromatic carbocycles. The molecule has 0 saturated carbocycles. The smallest absolute Gasteiger partial charge is 0.258 e. The maximum absolute atomic E-state index is 12.8. The summed E-state index contributed by atoms with van der Waals surface area (Å²) >= 11 is 1.55. The van der Waals surface area contributed by atoms with Crippen LogP contribution in [0.15, 0.2) is 60.7 Å². The second kappa shape index (κ2) is 8.90. The lowest BCUT2D eigenvalue weighted by Crippen LogP contribution is -2.71. The van der Waals surface area contributed by atoms with Gasteiger partial charge < -0.3 is 24.8 Å². The second-order valence-electron chi connectivity index (χ2n) is 8.14. The zero-order valence-electron chi connectivity index (χ0n) is 17.4. The number of β-lactam (4-membered cyclic amide) rings is 1. The number of carbonyl (C=O) groups excluding carboxylic acids is 2. The van der Waals surface area contributed by atoms with E-state index < -0.39 is 23.1 Å². The van der Waals surface area contributed by atoms with Crippen LogP contribution in [-0.2, 0) is 20.9 Å². The number of benzene rings is 2. The SMILES string of the molecule is CC1(C)SC2C(NC(=O)COc3ccccc3)C(=O)N2C1C(O)OCc1ccccc1. The third-order valence-electron chi connectivity index (χ3n) is 5.48. The van der Waals surface area contributed by atoms with Gasteiger partial charge in [0.2, 0.25) is 5.91 Å². The van der Waals surface area contributed by atoms with Crippen LogP contribution in [0, 0.1) is 0 Å². The van der Waals surface area contributed by atoms with Crippen molar-refractivity contribution in [2.24, 2.45) is 0 Å².